The molecule has 2 aliphatic heterocycles. The Balaban J connectivity index is 1.41. The van der Waals surface area contributed by atoms with Gasteiger partial charge in [0.1, 0.15) is 0 Å². The van der Waals surface area contributed by atoms with Crippen molar-refractivity contribution >= 4 is 33.4 Å². The largest absolute Gasteiger partial charge is 0.343 e. The lowest BCUT2D eigenvalue weighted by Gasteiger charge is -2.37. The van der Waals surface area contributed by atoms with Crippen molar-refractivity contribution in [2.24, 2.45) is 5.92 Å². The van der Waals surface area contributed by atoms with Gasteiger partial charge in [0.15, 0.2) is 0 Å². The summed E-state index contributed by atoms with van der Waals surface area (Å²) in [6.45, 7) is 4.41. The number of rotatable bonds is 6. The number of likely N-dealkylation sites (tertiary alicyclic amines) is 1. The van der Waals surface area contributed by atoms with E-state index in [1.807, 2.05) is 4.90 Å². The Bertz CT molecular complexity index is 863. The van der Waals surface area contributed by atoms with Gasteiger partial charge in [-0.25, -0.2) is 13.1 Å². The van der Waals surface area contributed by atoms with Crippen LogP contribution in [0.1, 0.15) is 19.3 Å². The minimum absolute atomic E-state index is 0.0217. The van der Waals surface area contributed by atoms with Gasteiger partial charge < -0.3 is 14.7 Å². The van der Waals surface area contributed by atoms with Gasteiger partial charge in [-0.3, -0.25) is 9.59 Å². The quantitative estimate of drug-likeness (QED) is 0.690. The predicted octanol–water partition coefficient (Wildman–Crippen LogP) is 1.02. The molecule has 1 aromatic rings. The Kier molecular flexibility index (Phi) is 7.73. The molecule has 2 aliphatic rings. The van der Waals surface area contributed by atoms with Crippen LogP contribution < -0.4 is 4.72 Å². The third-order valence-electron chi connectivity index (χ3n) is 5.75. The minimum Gasteiger partial charge on any atom is -0.343 e. The van der Waals surface area contributed by atoms with Crippen LogP contribution in [0, 0.1) is 5.92 Å². The maximum Gasteiger partial charge on any atom is 0.240 e. The number of piperidine rings is 1. The number of halogens is 1. The number of amides is 2. The number of carbonyl (C=O) groups excluding carboxylic acids is 2. The number of carbonyl (C=O) groups is 2. The van der Waals surface area contributed by atoms with Crippen molar-refractivity contribution in [1.82, 2.24) is 19.4 Å². The van der Waals surface area contributed by atoms with Gasteiger partial charge >= 0.3 is 0 Å². The Morgan fingerprint density at radius 1 is 1.07 bits per heavy atom. The summed E-state index contributed by atoms with van der Waals surface area (Å²) in [4.78, 5) is 31.1. The van der Waals surface area contributed by atoms with Gasteiger partial charge in [-0.1, -0.05) is 17.7 Å². The molecule has 1 N–H and O–H groups in total. The van der Waals surface area contributed by atoms with Crippen LogP contribution in [0.25, 0.3) is 0 Å². The first-order chi connectivity index (χ1) is 14.3. The molecule has 1 aromatic carbocycles. The molecule has 0 aliphatic carbocycles. The SMILES string of the molecule is CN1CCN(C(=O)C2CCN(C(=O)CCNS(=O)(=O)c3cccc(Cl)c3)CC2)CC1. The van der Waals surface area contributed by atoms with Crippen LogP contribution in [0.2, 0.25) is 5.02 Å². The Hall–Kier alpha value is -1.68. The highest BCUT2D eigenvalue weighted by atomic mass is 35.5. The second-order valence-corrected chi connectivity index (χ2v) is 10.1. The molecule has 166 valence electrons. The summed E-state index contributed by atoms with van der Waals surface area (Å²) in [6.07, 6.45) is 1.40. The molecule has 0 radical (unpaired) electrons. The molecule has 2 saturated heterocycles. The van der Waals surface area contributed by atoms with Crippen LogP contribution in [0.4, 0.5) is 0 Å². The summed E-state index contributed by atoms with van der Waals surface area (Å²) < 4.78 is 27.0. The van der Waals surface area contributed by atoms with Crippen molar-refractivity contribution < 1.29 is 18.0 Å². The minimum atomic E-state index is -3.70. The number of nitrogens with zero attached hydrogens (tertiary/aromatic N) is 3. The molecular formula is C20H29ClN4O4S. The van der Waals surface area contributed by atoms with Gasteiger partial charge in [-0.15, -0.1) is 0 Å². The lowest BCUT2D eigenvalue weighted by molar-refractivity contribution is -0.141. The summed E-state index contributed by atoms with van der Waals surface area (Å²) in [5.74, 6) is 0.0672. The third-order valence-corrected chi connectivity index (χ3v) is 7.44. The maximum absolute atomic E-state index is 12.7. The maximum atomic E-state index is 12.7. The van der Waals surface area contributed by atoms with E-state index in [1.54, 1.807) is 17.0 Å². The summed E-state index contributed by atoms with van der Waals surface area (Å²) in [5, 5.41) is 0.336. The third kappa shape index (κ3) is 5.94. The molecule has 2 amide bonds. The standard InChI is InChI=1S/C20H29ClN4O4S/c1-23-11-13-25(14-12-23)20(27)16-6-9-24(10-7-16)19(26)5-8-22-30(28,29)18-4-2-3-17(21)15-18/h2-4,15-16,22H,5-14H2,1H3. The highest BCUT2D eigenvalue weighted by Crippen LogP contribution is 2.21. The molecule has 0 unspecified atom stereocenters. The Morgan fingerprint density at radius 2 is 1.73 bits per heavy atom. The van der Waals surface area contributed by atoms with Crippen LogP contribution in [0.3, 0.4) is 0 Å². The number of sulfonamides is 1. The Morgan fingerprint density at radius 3 is 2.37 bits per heavy atom. The van der Waals surface area contributed by atoms with Crippen molar-refractivity contribution in [3.05, 3.63) is 29.3 Å². The molecule has 10 heteroatoms. The topological polar surface area (TPSA) is 90.0 Å². The lowest BCUT2D eigenvalue weighted by Crippen LogP contribution is -2.51. The fourth-order valence-corrected chi connectivity index (χ4v) is 5.16. The summed E-state index contributed by atoms with van der Waals surface area (Å²) in [6, 6.07) is 5.99. The van der Waals surface area contributed by atoms with Gasteiger partial charge in [0.05, 0.1) is 4.90 Å². The monoisotopic (exact) mass is 456 g/mol. The molecule has 8 nitrogen and oxygen atoms in total. The van der Waals surface area contributed by atoms with E-state index in [1.165, 1.54) is 12.1 Å². The first kappa shape index (κ1) is 23.0. The van der Waals surface area contributed by atoms with Crippen LogP contribution in [0.15, 0.2) is 29.2 Å². The van der Waals surface area contributed by atoms with Crippen LogP contribution >= 0.6 is 11.6 Å². The van der Waals surface area contributed by atoms with E-state index in [9.17, 15) is 18.0 Å². The van der Waals surface area contributed by atoms with E-state index in [0.717, 1.165) is 26.2 Å². The molecule has 0 saturated carbocycles. The van der Waals surface area contributed by atoms with Crippen LogP contribution in [0.5, 0.6) is 0 Å². The van der Waals surface area contributed by atoms with Crippen molar-refractivity contribution in [1.29, 1.82) is 0 Å². The van der Waals surface area contributed by atoms with E-state index in [0.29, 0.717) is 31.0 Å². The average Bonchev–Trinajstić information content (AvgIpc) is 2.74. The molecule has 3 rings (SSSR count). The molecule has 2 heterocycles. The van der Waals surface area contributed by atoms with E-state index in [4.69, 9.17) is 11.6 Å². The zero-order chi connectivity index (χ0) is 21.7. The second kappa shape index (κ2) is 10.1. The molecule has 0 bridgehead atoms. The molecule has 2 fully saturated rings. The van der Waals surface area contributed by atoms with Crippen LogP contribution in [-0.4, -0.2) is 87.8 Å². The van der Waals surface area contributed by atoms with E-state index >= 15 is 0 Å². The van der Waals surface area contributed by atoms with Crippen molar-refractivity contribution in [3.8, 4) is 0 Å². The molecule has 30 heavy (non-hydrogen) atoms. The summed E-state index contributed by atoms with van der Waals surface area (Å²) >= 11 is 5.84. The average molecular weight is 457 g/mol. The van der Waals surface area contributed by atoms with Crippen molar-refractivity contribution in [2.45, 2.75) is 24.2 Å². The molecular weight excluding hydrogens is 428 g/mol. The van der Waals surface area contributed by atoms with Gasteiger partial charge in [-0.2, -0.15) is 0 Å². The fourth-order valence-electron chi connectivity index (χ4n) is 3.83. The molecule has 0 spiro atoms. The molecule has 0 aromatic heterocycles. The predicted molar refractivity (Wildman–Crippen MR) is 115 cm³/mol. The van der Waals surface area contributed by atoms with E-state index in [-0.39, 0.29) is 35.6 Å². The number of likely N-dealkylation sites (N-methyl/N-ethyl adjacent to an activating group) is 1. The van der Waals surface area contributed by atoms with Crippen molar-refractivity contribution in [2.75, 3.05) is 52.9 Å². The highest BCUT2D eigenvalue weighted by Gasteiger charge is 2.31. The number of hydrogen-bond acceptors (Lipinski definition) is 5. The second-order valence-electron chi connectivity index (χ2n) is 7.89. The summed E-state index contributed by atoms with van der Waals surface area (Å²) in [7, 11) is -1.65. The normalized spacial score (nSPS) is 19.1. The lowest BCUT2D eigenvalue weighted by atomic mass is 9.94. The van der Waals surface area contributed by atoms with Gasteiger partial charge in [0, 0.05) is 63.2 Å². The number of hydrogen-bond donors (Lipinski definition) is 1. The van der Waals surface area contributed by atoms with E-state index < -0.39 is 10.0 Å². The number of piperazine rings is 1. The van der Waals surface area contributed by atoms with E-state index in [2.05, 4.69) is 16.7 Å². The van der Waals surface area contributed by atoms with Crippen molar-refractivity contribution in [3.63, 3.8) is 0 Å². The number of nitrogens with one attached hydrogen (secondary N) is 1. The summed E-state index contributed by atoms with van der Waals surface area (Å²) in [5.41, 5.74) is 0. The van der Waals surface area contributed by atoms with Gasteiger partial charge in [0.2, 0.25) is 21.8 Å². The Labute approximate surface area is 183 Å². The fraction of sp³-hybridized carbons (Fsp3) is 0.600. The highest BCUT2D eigenvalue weighted by molar-refractivity contribution is 7.89. The van der Waals surface area contributed by atoms with Crippen LogP contribution in [-0.2, 0) is 19.6 Å². The number of benzene rings is 1. The molecule has 0 atom stereocenters. The smallest absolute Gasteiger partial charge is 0.240 e. The zero-order valence-corrected chi connectivity index (χ0v) is 18.8. The van der Waals surface area contributed by atoms with Gasteiger partial charge in [0.25, 0.3) is 0 Å². The first-order valence-electron chi connectivity index (χ1n) is 10.3. The zero-order valence-electron chi connectivity index (χ0n) is 17.2. The van der Waals surface area contributed by atoms with Gasteiger partial charge in [-0.05, 0) is 38.1 Å². The first-order valence-corrected chi connectivity index (χ1v) is 12.1.